The summed E-state index contributed by atoms with van der Waals surface area (Å²) in [5.74, 6) is 0.473. The van der Waals surface area contributed by atoms with Crippen molar-refractivity contribution in [3.63, 3.8) is 0 Å². The number of pyridine rings is 2. The van der Waals surface area contributed by atoms with Crippen LogP contribution >= 0.6 is 0 Å². The normalized spacial score (nSPS) is 11.1. The van der Waals surface area contributed by atoms with Gasteiger partial charge < -0.3 is 65.3 Å². The van der Waals surface area contributed by atoms with Gasteiger partial charge in [-0.2, -0.15) is 10.5 Å². The largest absolute Gasteiger partial charge is 0.492 e. The predicted molar refractivity (Wildman–Crippen MR) is 326 cm³/mol. The first-order chi connectivity index (χ1) is 41.0. The van der Waals surface area contributed by atoms with Crippen LogP contribution in [0.15, 0.2) is 170 Å². The molecule has 85 heavy (non-hydrogen) atoms. The van der Waals surface area contributed by atoms with E-state index in [1.165, 1.54) is 24.5 Å². The third-order valence-electron chi connectivity index (χ3n) is 11.6. The second-order valence-corrected chi connectivity index (χ2v) is 18.8. The first-order valence-corrected chi connectivity index (χ1v) is 26.5. The number of carboxylic acid groups (broad SMARTS) is 2. The Morgan fingerprint density at radius 2 is 0.953 bits per heavy atom. The molecule has 2 aromatic heterocycles. The van der Waals surface area contributed by atoms with Crippen LogP contribution in [0.5, 0.6) is 34.5 Å². The van der Waals surface area contributed by atoms with Crippen LogP contribution in [0.25, 0.3) is 21.8 Å². The van der Waals surface area contributed by atoms with Gasteiger partial charge >= 0.3 is 11.9 Å². The predicted octanol–water partition coefficient (Wildman–Crippen LogP) is 11.1. The number of likely N-dealkylation sites (N-methyl/N-ethyl adjacent to an activating group) is 2. The Kier molecular flexibility index (Phi) is 23.8. The van der Waals surface area contributed by atoms with Gasteiger partial charge in [0.25, 0.3) is 0 Å². The summed E-state index contributed by atoms with van der Waals surface area (Å²) in [6.07, 6.45) is 7.04. The van der Waals surface area contributed by atoms with Crippen molar-refractivity contribution in [2.75, 3.05) is 75.8 Å². The van der Waals surface area contributed by atoms with E-state index in [0.29, 0.717) is 105 Å². The Labute approximate surface area is 491 Å². The number of benzene rings is 6. The van der Waals surface area contributed by atoms with Crippen LogP contribution in [0.4, 0.5) is 34.1 Å². The summed E-state index contributed by atoms with van der Waals surface area (Å²) in [6.45, 7) is 5.87. The van der Waals surface area contributed by atoms with Crippen LogP contribution in [-0.2, 0) is 19.2 Å². The molecule has 21 nitrogen and oxygen atoms in total. The fourth-order valence-electron chi connectivity index (χ4n) is 7.72. The molecule has 0 spiro atoms. The lowest BCUT2D eigenvalue weighted by atomic mass is 10.1. The Morgan fingerprint density at radius 1 is 0.576 bits per heavy atom. The molecule has 2 amide bonds. The maximum atomic E-state index is 12.6. The van der Waals surface area contributed by atoms with Gasteiger partial charge in [0, 0.05) is 71.9 Å². The molecule has 0 aliphatic rings. The minimum atomic E-state index is -1.79. The summed E-state index contributed by atoms with van der Waals surface area (Å²) in [6, 6.07) is 45.5. The van der Waals surface area contributed by atoms with E-state index in [2.05, 4.69) is 43.4 Å². The number of anilines is 6. The SMILES string of the molecule is CCOc1cc2ncc(C#N)c(Nc3ccc(Oc4ccccc4)cc3)c2cc1NC(=O)/C=C/CN(C)C.CCOc1cc2ncc(C#N)c(Nc3ccc(Oc4ccccc4)cc3)c2cc1NC(=O)/C=C/CN(C)C.O=C(O)CC(O)C(=O)O. The number of carbonyl (C=O) groups is 4. The second kappa shape index (κ2) is 32.0. The van der Waals surface area contributed by atoms with Crippen molar-refractivity contribution in [2.45, 2.75) is 26.4 Å². The minimum absolute atomic E-state index is 0.278. The molecule has 6 aromatic carbocycles. The van der Waals surface area contributed by atoms with Gasteiger partial charge in [-0.1, -0.05) is 48.6 Å². The molecule has 1 atom stereocenters. The van der Waals surface area contributed by atoms with Crippen molar-refractivity contribution in [1.29, 1.82) is 10.5 Å². The number of amides is 2. The molecule has 0 aliphatic heterocycles. The number of para-hydroxylation sites is 2. The number of nitrogens with zero attached hydrogens (tertiary/aromatic N) is 6. The number of nitrogens with one attached hydrogen (secondary N) is 4. The number of carbonyl (C=O) groups excluding carboxylic acids is 2. The van der Waals surface area contributed by atoms with Crippen molar-refractivity contribution in [1.82, 2.24) is 19.8 Å². The van der Waals surface area contributed by atoms with Gasteiger partial charge in [0.15, 0.2) is 6.10 Å². The van der Waals surface area contributed by atoms with E-state index in [9.17, 15) is 29.7 Å². The molecule has 0 aliphatic carbocycles. The smallest absolute Gasteiger partial charge is 0.333 e. The highest BCUT2D eigenvalue weighted by Crippen LogP contribution is 2.38. The number of ether oxygens (including phenoxy) is 4. The average molecular weight is 1150 g/mol. The number of hydrogen-bond acceptors (Lipinski definition) is 17. The molecule has 7 N–H and O–H groups in total. The quantitative estimate of drug-likeness (QED) is 0.0293. The highest BCUT2D eigenvalue weighted by molar-refractivity contribution is 6.06. The summed E-state index contributed by atoms with van der Waals surface area (Å²) >= 11 is 0. The molecule has 0 bridgehead atoms. The third kappa shape index (κ3) is 19.7. The summed E-state index contributed by atoms with van der Waals surface area (Å²) in [4.78, 5) is 57.4. The first-order valence-electron chi connectivity index (χ1n) is 26.5. The van der Waals surface area contributed by atoms with Crippen LogP contribution in [0.3, 0.4) is 0 Å². The van der Waals surface area contributed by atoms with E-state index in [1.54, 1.807) is 36.4 Å². The molecule has 1 unspecified atom stereocenters. The van der Waals surface area contributed by atoms with Crippen molar-refractivity contribution in [3.8, 4) is 46.6 Å². The number of aliphatic carboxylic acids is 2. The minimum Gasteiger partial charge on any atom is -0.492 e. The van der Waals surface area contributed by atoms with Crippen molar-refractivity contribution < 1.29 is 53.4 Å². The Morgan fingerprint density at radius 3 is 1.27 bits per heavy atom. The van der Waals surface area contributed by atoms with E-state index in [-0.39, 0.29) is 11.8 Å². The van der Waals surface area contributed by atoms with Gasteiger partial charge in [0.2, 0.25) is 11.8 Å². The zero-order valence-electron chi connectivity index (χ0n) is 47.6. The van der Waals surface area contributed by atoms with Crippen LogP contribution < -0.4 is 40.2 Å². The van der Waals surface area contributed by atoms with Crippen LogP contribution in [0.2, 0.25) is 0 Å². The number of carboxylic acids is 2. The molecule has 8 aromatic rings. The van der Waals surface area contributed by atoms with E-state index in [0.717, 1.165) is 22.9 Å². The van der Waals surface area contributed by atoms with Gasteiger partial charge in [-0.25, -0.2) is 4.79 Å². The molecule has 0 saturated carbocycles. The number of aliphatic hydroxyl groups excluding tert-OH is 1. The van der Waals surface area contributed by atoms with Gasteiger partial charge in [0.1, 0.15) is 46.6 Å². The molecule has 0 radical (unpaired) electrons. The molecule has 436 valence electrons. The van der Waals surface area contributed by atoms with E-state index in [1.807, 2.05) is 161 Å². The monoisotopic (exact) mass is 1150 g/mol. The van der Waals surface area contributed by atoms with E-state index >= 15 is 0 Å². The van der Waals surface area contributed by atoms with Crippen molar-refractivity contribution >= 4 is 79.7 Å². The van der Waals surface area contributed by atoms with Gasteiger partial charge in [-0.3, -0.25) is 24.4 Å². The zero-order valence-corrected chi connectivity index (χ0v) is 47.6. The van der Waals surface area contributed by atoms with Crippen LogP contribution in [-0.4, -0.2) is 119 Å². The topological polar surface area (TPSA) is 294 Å². The maximum Gasteiger partial charge on any atom is 0.333 e. The number of rotatable bonds is 23. The Hall–Kier alpha value is -10.8. The van der Waals surface area contributed by atoms with Crippen molar-refractivity contribution in [2.24, 2.45) is 0 Å². The standard InChI is InChI=1S/2C30H29N5O3.C4H6O5/c2*1-4-37-28-18-26-25(17-27(28)34-29(36)11-8-16-35(2)3)30(21(19-31)20-32-26)33-22-12-14-24(15-13-22)38-23-9-6-5-7-10-23;5-2(4(8)9)1-3(6)7/h2*5-15,17-18,20H,4,16H2,1-3H3,(H,32,33)(H,34,36);2,5H,1H2,(H,6,7)(H,8,9)/b2*11-8+;. The van der Waals surface area contributed by atoms with Gasteiger partial charge in [0.05, 0.1) is 64.5 Å². The Balaban J connectivity index is 0.000000238. The fraction of sp³-hybridized carbons (Fsp3) is 0.188. The van der Waals surface area contributed by atoms with E-state index < -0.39 is 24.5 Å². The van der Waals surface area contributed by atoms with Crippen LogP contribution in [0, 0.1) is 22.7 Å². The van der Waals surface area contributed by atoms with E-state index in [4.69, 9.17) is 34.3 Å². The first kappa shape index (κ1) is 63.3. The molecular formula is C64H64N10O11. The number of aromatic nitrogens is 2. The molecule has 21 heteroatoms. The fourth-order valence-corrected chi connectivity index (χ4v) is 7.72. The highest BCUT2D eigenvalue weighted by Gasteiger charge is 2.19. The summed E-state index contributed by atoms with van der Waals surface area (Å²) in [5, 5.41) is 57.6. The summed E-state index contributed by atoms with van der Waals surface area (Å²) in [7, 11) is 7.71. The summed E-state index contributed by atoms with van der Waals surface area (Å²) < 4.78 is 23.3. The molecule has 2 heterocycles. The zero-order chi connectivity index (χ0) is 61.3. The third-order valence-corrected chi connectivity index (χ3v) is 11.6. The van der Waals surface area contributed by atoms with Crippen molar-refractivity contribution in [3.05, 3.63) is 181 Å². The number of aliphatic hydroxyl groups is 1. The maximum absolute atomic E-state index is 12.6. The summed E-state index contributed by atoms with van der Waals surface area (Å²) in [5.41, 5.74) is 5.66. The molecular weight excluding hydrogens is 1080 g/mol. The Bertz CT molecular complexity index is 3490. The number of nitriles is 2. The second-order valence-electron chi connectivity index (χ2n) is 18.8. The van der Waals surface area contributed by atoms with Gasteiger partial charge in [-0.15, -0.1) is 0 Å². The number of fused-ring (bicyclic) bond motifs is 2. The number of hydrogen-bond donors (Lipinski definition) is 7. The lowest BCUT2D eigenvalue weighted by Crippen LogP contribution is -2.22. The lowest BCUT2D eigenvalue weighted by molar-refractivity contribution is -0.152. The lowest BCUT2D eigenvalue weighted by Gasteiger charge is -2.16. The molecule has 8 rings (SSSR count). The highest BCUT2D eigenvalue weighted by atomic mass is 16.5. The molecule has 0 saturated heterocycles. The van der Waals surface area contributed by atoms with Gasteiger partial charge in [-0.05, 0) is 127 Å². The van der Waals surface area contributed by atoms with Crippen LogP contribution in [0.1, 0.15) is 31.4 Å². The molecule has 0 fully saturated rings. The average Bonchev–Trinajstić information content (AvgIpc) is 2.57.